The van der Waals surface area contributed by atoms with Gasteiger partial charge in [-0.15, -0.1) is 0 Å². The fourth-order valence-electron chi connectivity index (χ4n) is 2.89. The molecule has 0 radical (unpaired) electrons. The van der Waals surface area contributed by atoms with Gasteiger partial charge in [0, 0.05) is 5.02 Å². The van der Waals surface area contributed by atoms with Crippen LogP contribution in [0.1, 0.15) is 42.4 Å². The lowest BCUT2D eigenvalue weighted by atomic mass is 9.76. The molecule has 0 aromatic heterocycles. The highest BCUT2D eigenvalue weighted by molar-refractivity contribution is 6.31. The van der Waals surface area contributed by atoms with Crippen molar-refractivity contribution in [3.05, 3.63) is 33.8 Å². The number of carboxylic acid groups (broad SMARTS) is 1. The molecule has 1 aliphatic carbocycles. The van der Waals surface area contributed by atoms with Gasteiger partial charge in [0.2, 0.25) is 0 Å². The van der Waals surface area contributed by atoms with Crippen LogP contribution in [0.5, 0.6) is 0 Å². The molecule has 2 nitrogen and oxygen atoms in total. The normalized spacial score (nSPS) is 18.3. The van der Waals surface area contributed by atoms with Crippen molar-refractivity contribution in [2.24, 2.45) is 0 Å². The smallest absolute Gasteiger partial charge is 0.314 e. The first-order chi connectivity index (χ1) is 7.97. The van der Waals surface area contributed by atoms with Crippen molar-refractivity contribution in [3.8, 4) is 0 Å². The fourth-order valence-corrected chi connectivity index (χ4v) is 3.16. The maximum atomic E-state index is 11.7. The maximum absolute atomic E-state index is 11.7. The van der Waals surface area contributed by atoms with Crippen LogP contribution in [0.25, 0.3) is 0 Å². The third-order valence-corrected chi connectivity index (χ3v) is 4.26. The van der Waals surface area contributed by atoms with E-state index in [1.54, 1.807) is 0 Å². The van der Waals surface area contributed by atoms with Gasteiger partial charge in [0.15, 0.2) is 0 Å². The summed E-state index contributed by atoms with van der Waals surface area (Å²) in [7, 11) is 0. The van der Waals surface area contributed by atoms with E-state index in [1.807, 2.05) is 26.0 Å². The molecular weight excluding hydrogens is 236 g/mol. The number of halogens is 1. The Morgan fingerprint density at radius 1 is 1.29 bits per heavy atom. The van der Waals surface area contributed by atoms with Crippen LogP contribution in [0.2, 0.25) is 5.02 Å². The van der Waals surface area contributed by atoms with E-state index >= 15 is 0 Å². The van der Waals surface area contributed by atoms with Crippen molar-refractivity contribution in [1.82, 2.24) is 0 Å². The molecule has 1 N–H and O–H groups in total. The van der Waals surface area contributed by atoms with Gasteiger partial charge in [0.1, 0.15) is 0 Å². The summed E-state index contributed by atoms with van der Waals surface area (Å²) in [5.74, 6) is -0.709. The molecule has 0 amide bonds. The summed E-state index contributed by atoms with van der Waals surface area (Å²) in [5, 5.41) is 10.3. The predicted molar refractivity (Wildman–Crippen MR) is 68.7 cm³/mol. The van der Waals surface area contributed by atoms with E-state index in [-0.39, 0.29) is 0 Å². The number of hydrogen-bond acceptors (Lipinski definition) is 1. The molecule has 0 saturated heterocycles. The zero-order valence-electron chi connectivity index (χ0n) is 10.2. The average molecular weight is 253 g/mol. The zero-order valence-corrected chi connectivity index (χ0v) is 11.0. The Morgan fingerprint density at radius 2 is 1.88 bits per heavy atom. The molecule has 17 heavy (non-hydrogen) atoms. The molecule has 1 aliphatic rings. The van der Waals surface area contributed by atoms with Crippen molar-refractivity contribution >= 4 is 17.6 Å². The standard InChI is InChI=1S/C14H17ClO2/c1-9-7-11(10(2)12(15)8-9)14(13(16)17)5-3-4-6-14/h7-8H,3-6H2,1-2H3,(H,16,17). The van der Waals surface area contributed by atoms with Crippen LogP contribution < -0.4 is 0 Å². The van der Waals surface area contributed by atoms with Gasteiger partial charge in [-0.2, -0.15) is 0 Å². The van der Waals surface area contributed by atoms with Crippen LogP contribution in [0.4, 0.5) is 0 Å². The first-order valence-electron chi connectivity index (χ1n) is 5.98. The molecule has 1 aromatic rings. The minimum Gasteiger partial charge on any atom is -0.481 e. The topological polar surface area (TPSA) is 37.3 Å². The predicted octanol–water partition coefficient (Wildman–Crippen LogP) is 3.85. The number of aliphatic carboxylic acids is 1. The Morgan fingerprint density at radius 3 is 2.41 bits per heavy atom. The Labute approximate surface area is 107 Å². The summed E-state index contributed by atoms with van der Waals surface area (Å²) in [6, 6.07) is 3.88. The summed E-state index contributed by atoms with van der Waals surface area (Å²) in [6.45, 7) is 3.87. The zero-order chi connectivity index (χ0) is 12.6. The summed E-state index contributed by atoms with van der Waals surface area (Å²) in [6.07, 6.45) is 3.42. The summed E-state index contributed by atoms with van der Waals surface area (Å²) in [4.78, 5) is 11.7. The Bertz CT molecular complexity index is 460. The molecule has 0 aliphatic heterocycles. The first-order valence-corrected chi connectivity index (χ1v) is 6.36. The van der Waals surface area contributed by atoms with Gasteiger partial charge in [-0.25, -0.2) is 0 Å². The van der Waals surface area contributed by atoms with Crippen molar-refractivity contribution in [3.63, 3.8) is 0 Å². The second-order valence-electron chi connectivity index (χ2n) is 5.01. The van der Waals surface area contributed by atoms with Crippen LogP contribution in [0.3, 0.4) is 0 Å². The molecule has 0 spiro atoms. The summed E-state index contributed by atoms with van der Waals surface area (Å²) >= 11 is 6.17. The summed E-state index contributed by atoms with van der Waals surface area (Å²) in [5.41, 5.74) is 2.15. The lowest BCUT2D eigenvalue weighted by Gasteiger charge is -2.27. The third kappa shape index (κ3) is 1.95. The van der Waals surface area contributed by atoms with E-state index in [2.05, 4.69) is 0 Å². The molecule has 3 heteroatoms. The van der Waals surface area contributed by atoms with E-state index in [1.165, 1.54) is 0 Å². The van der Waals surface area contributed by atoms with Crippen molar-refractivity contribution in [2.45, 2.75) is 44.9 Å². The largest absolute Gasteiger partial charge is 0.481 e. The van der Waals surface area contributed by atoms with Gasteiger partial charge in [-0.1, -0.05) is 30.5 Å². The molecule has 1 aromatic carbocycles. The quantitative estimate of drug-likeness (QED) is 0.868. The Hall–Kier alpha value is -1.02. The lowest BCUT2D eigenvalue weighted by Crippen LogP contribution is -2.33. The highest BCUT2D eigenvalue weighted by Crippen LogP contribution is 2.44. The molecule has 0 unspecified atom stereocenters. The van der Waals surface area contributed by atoms with Gasteiger partial charge in [-0.05, 0) is 49.4 Å². The first kappa shape index (κ1) is 12.4. The Balaban J connectivity index is 2.62. The SMILES string of the molecule is Cc1cc(Cl)c(C)c(C2(C(=O)O)CCCC2)c1. The van der Waals surface area contributed by atoms with Crippen molar-refractivity contribution < 1.29 is 9.90 Å². The van der Waals surface area contributed by atoms with E-state index in [0.29, 0.717) is 5.02 Å². The highest BCUT2D eigenvalue weighted by Gasteiger charge is 2.44. The van der Waals surface area contributed by atoms with E-state index in [0.717, 1.165) is 42.4 Å². The molecule has 1 fully saturated rings. The van der Waals surface area contributed by atoms with E-state index in [4.69, 9.17) is 11.6 Å². The van der Waals surface area contributed by atoms with Crippen LogP contribution in [-0.2, 0) is 10.2 Å². The molecule has 1 saturated carbocycles. The monoisotopic (exact) mass is 252 g/mol. The van der Waals surface area contributed by atoms with Gasteiger partial charge in [-0.3, -0.25) is 4.79 Å². The number of aryl methyl sites for hydroxylation is 1. The van der Waals surface area contributed by atoms with Crippen LogP contribution >= 0.6 is 11.6 Å². The molecule has 0 atom stereocenters. The number of hydrogen-bond donors (Lipinski definition) is 1. The summed E-state index contributed by atoms with van der Waals surface area (Å²) < 4.78 is 0. The molecular formula is C14H17ClO2. The second-order valence-corrected chi connectivity index (χ2v) is 5.42. The number of carbonyl (C=O) groups is 1. The molecule has 0 heterocycles. The van der Waals surface area contributed by atoms with Crippen LogP contribution in [0.15, 0.2) is 12.1 Å². The van der Waals surface area contributed by atoms with E-state index in [9.17, 15) is 9.90 Å². The average Bonchev–Trinajstić information content (AvgIpc) is 2.73. The van der Waals surface area contributed by atoms with Gasteiger partial charge < -0.3 is 5.11 Å². The Kier molecular flexibility index (Phi) is 3.17. The van der Waals surface area contributed by atoms with Crippen LogP contribution in [0, 0.1) is 13.8 Å². The number of benzene rings is 1. The van der Waals surface area contributed by atoms with Crippen LogP contribution in [-0.4, -0.2) is 11.1 Å². The number of rotatable bonds is 2. The maximum Gasteiger partial charge on any atom is 0.314 e. The molecule has 2 rings (SSSR count). The van der Waals surface area contributed by atoms with Gasteiger partial charge >= 0.3 is 5.97 Å². The van der Waals surface area contributed by atoms with Gasteiger partial charge in [0.25, 0.3) is 0 Å². The van der Waals surface area contributed by atoms with Crippen molar-refractivity contribution in [2.75, 3.05) is 0 Å². The number of carboxylic acids is 1. The van der Waals surface area contributed by atoms with Crippen molar-refractivity contribution in [1.29, 1.82) is 0 Å². The third-order valence-electron chi connectivity index (χ3n) is 3.87. The highest BCUT2D eigenvalue weighted by atomic mass is 35.5. The molecule has 0 bridgehead atoms. The minimum absolute atomic E-state index is 0.674. The minimum atomic E-state index is -0.709. The lowest BCUT2D eigenvalue weighted by molar-refractivity contribution is -0.143. The fraction of sp³-hybridized carbons (Fsp3) is 0.500. The second kappa shape index (κ2) is 4.34. The van der Waals surface area contributed by atoms with E-state index < -0.39 is 11.4 Å². The molecule has 92 valence electrons. The van der Waals surface area contributed by atoms with Gasteiger partial charge in [0.05, 0.1) is 5.41 Å².